The third-order valence-electron chi connectivity index (χ3n) is 6.87. The number of ketones is 1. The molecule has 3 nitrogen and oxygen atoms in total. The minimum atomic E-state index is -0.227. The summed E-state index contributed by atoms with van der Waals surface area (Å²) in [6, 6.07) is 11.0. The predicted octanol–water partition coefficient (Wildman–Crippen LogP) is 6.37. The Bertz CT molecular complexity index is 1100. The van der Waals surface area contributed by atoms with Gasteiger partial charge in [0.1, 0.15) is 11.5 Å². The van der Waals surface area contributed by atoms with Crippen molar-refractivity contribution in [3.8, 4) is 0 Å². The third-order valence-corrected chi connectivity index (χ3v) is 6.87. The molecule has 2 aromatic heterocycles. The summed E-state index contributed by atoms with van der Waals surface area (Å²) in [6.45, 7) is 2.08. The number of hydrogen-bond acceptors (Lipinski definition) is 3. The van der Waals surface area contributed by atoms with Crippen molar-refractivity contribution in [1.29, 1.82) is 0 Å². The van der Waals surface area contributed by atoms with Crippen LogP contribution in [0.4, 0.5) is 4.39 Å². The molecule has 2 heterocycles. The van der Waals surface area contributed by atoms with Crippen molar-refractivity contribution in [3.63, 3.8) is 0 Å². The Morgan fingerprint density at radius 2 is 1.70 bits per heavy atom. The van der Waals surface area contributed by atoms with Gasteiger partial charge in [0, 0.05) is 23.2 Å². The topological polar surface area (TPSA) is 42.9 Å². The number of halogens is 1. The van der Waals surface area contributed by atoms with E-state index in [1.165, 1.54) is 18.9 Å². The second kappa shape index (κ2) is 7.90. The Morgan fingerprint density at radius 3 is 2.43 bits per heavy atom. The van der Waals surface area contributed by atoms with Crippen LogP contribution in [0, 0.1) is 11.7 Å². The van der Waals surface area contributed by atoms with Crippen LogP contribution in [0.25, 0.3) is 10.9 Å². The van der Waals surface area contributed by atoms with Crippen molar-refractivity contribution in [3.05, 3.63) is 70.9 Å². The highest BCUT2D eigenvalue weighted by molar-refractivity contribution is 5.97. The lowest BCUT2D eigenvalue weighted by Gasteiger charge is -2.29. The highest BCUT2D eigenvalue weighted by atomic mass is 19.1. The first kappa shape index (κ1) is 19.3. The second-order valence-corrected chi connectivity index (χ2v) is 8.84. The summed E-state index contributed by atoms with van der Waals surface area (Å²) < 4.78 is 13.8. The molecule has 2 aliphatic rings. The fraction of sp³-hybridized carbons (Fsp3) is 0.423. The van der Waals surface area contributed by atoms with Gasteiger partial charge in [0.05, 0.1) is 5.52 Å². The van der Waals surface area contributed by atoms with Crippen molar-refractivity contribution in [2.75, 3.05) is 0 Å². The van der Waals surface area contributed by atoms with Gasteiger partial charge in [-0.2, -0.15) is 0 Å². The molecule has 154 valence electrons. The number of fused-ring (bicyclic) bond motifs is 1. The molecule has 0 N–H and O–H groups in total. The van der Waals surface area contributed by atoms with Crippen molar-refractivity contribution < 1.29 is 9.18 Å². The predicted molar refractivity (Wildman–Crippen MR) is 116 cm³/mol. The van der Waals surface area contributed by atoms with E-state index in [-0.39, 0.29) is 17.5 Å². The molecule has 0 bridgehead atoms. The lowest BCUT2D eigenvalue weighted by Crippen LogP contribution is -2.23. The number of aromatic nitrogens is 2. The molecule has 0 spiro atoms. The van der Waals surface area contributed by atoms with Crippen LogP contribution in [0.15, 0.2) is 42.6 Å². The molecule has 0 atom stereocenters. The first-order valence-electron chi connectivity index (χ1n) is 11.2. The molecule has 1 aromatic carbocycles. The largest absolute Gasteiger partial charge is 0.292 e. The van der Waals surface area contributed by atoms with Crippen LogP contribution in [-0.4, -0.2) is 15.8 Å². The molecule has 2 fully saturated rings. The quantitative estimate of drug-likeness (QED) is 0.466. The van der Waals surface area contributed by atoms with Crippen LogP contribution in [0.5, 0.6) is 0 Å². The maximum absolute atomic E-state index is 13.8. The zero-order valence-corrected chi connectivity index (χ0v) is 17.4. The van der Waals surface area contributed by atoms with Crippen molar-refractivity contribution in [1.82, 2.24) is 9.97 Å². The van der Waals surface area contributed by atoms with Crippen molar-refractivity contribution >= 4 is 16.7 Å². The van der Waals surface area contributed by atoms with E-state index in [1.54, 1.807) is 12.1 Å². The smallest absolute Gasteiger partial charge is 0.184 e. The third kappa shape index (κ3) is 3.64. The van der Waals surface area contributed by atoms with E-state index in [0.29, 0.717) is 11.8 Å². The average Bonchev–Trinajstić information content (AvgIpc) is 3.63. The van der Waals surface area contributed by atoms with Crippen LogP contribution >= 0.6 is 0 Å². The highest BCUT2D eigenvalue weighted by Gasteiger charge is 2.34. The summed E-state index contributed by atoms with van der Waals surface area (Å²) in [4.78, 5) is 22.5. The molecule has 4 heteroatoms. The fourth-order valence-electron chi connectivity index (χ4n) is 4.98. The lowest BCUT2D eigenvalue weighted by molar-refractivity contribution is 0.0877. The van der Waals surface area contributed by atoms with E-state index in [9.17, 15) is 9.18 Å². The highest BCUT2D eigenvalue weighted by Crippen LogP contribution is 2.44. The summed E-state index contributed by atoms with van der Waals surface area (Å²) in [5, 5.41) is 0.903. The van der Waals surface area contributed by atoms with E-state index in [0.717, 1.165) is 65.5 Å². The minimum Gasteiger partial charge on any atom is -0.292 e. The van der Waals surface area contributed by atoms with Gasteiger partial charge in [-0.1, -0.05) is 13.0 Å². The monoisotopic (exact) mass is 402 g/mol. The number of aryl methyl sites for hydroxylation is 1. The number of benzene rings is 1. The maximum atomic E-state index is 13.8. The molecule has 0 radical (unpaired) electrons. The summed E-state index contributed by atoms with van der Waals surface area (Å²) in [7, 11) is 0. The van der Waals surface area contributed by atoms with E-state index in [4.69, 9.17) is 4.98 Å². The number of nitrogens with zero attached hydrogens (tertiary/aromatic N) is 2. The molecule has 30 heavy (non-hydrogen) atoms. The number of Topliss-reactive ketones (excluding diaryl/α,β-unsaturated/α-hetero) is 1. The van der Waals surface area contributed by atoms with Crippen LogP contribution in [0.3, 0.4) is 0 Å². The summed E-state index contributed by atoms with van der Waals surface area (Å²) in [5.41, 5.74) is 4.89. The van der Waals surface area contributed by atoms with Gasteiger partial charge in [0.2, 0.25) is 0 Å². The molecule has 0 aliphatic heterocycles. The van der Waals surface area contributed by atoms with Gasteiger partial charge in [-0.05, 0) is 98.2 Å². The van der Waals surface area contributed by atoms with E-state index in [2.05, 4.69) is 24.0 Å². The number of carbonyl (C=O) groups is 1. The number of carbonyl (C=O) groups excluding carboxylic acids is 1. The average molecular weight is 403 g/mol. The molecular weight excluding hydrogens is 375 g/mol. The van der Waals surface area contributed by atoms with Gasteiger partial charge < -0.3 is 0 Å². The van der Waals surface area contributed by atoms with Crippen LogP contribution in [-0.2, 0) is 6.42 Å². The summed E-state index contributed by atoms with van der Waals surface area (Å²) in [6.07, 6.45) is 8.63. The van der Waals surface area contributed by atoms with Crippen LogP contribution in [0.2, 0.25) is 0 Å². The summed E-state index contributed by atoms with van der Waals surface area (Å²) in [5.74, 6) is 0.922. The van der Waals surface area contributed by atoms with E-state index >= 15 is 0 Å². The Kier molecular flexibility index (Phi) is 5.10. The van der Waals surface area contributed by atoms with E-state index in [1.807, 2.05) is 12.3 Å². The SMILES string of the molecule is CCc1ccc(C2CC2)c(C(=O)C2CCC(c3ccnc4ccc(F)cc34)CC2)n1. The van der Waals surface area contributed by atoms with Gasteiger partial charge in [-0.15, -0.1) is 0 Å². The normalized spacial score (nSPS) is 21.7. The molecule has 0 unspecified atom stereocenters. The Hall–Kier alpha value is -2.62. The fourth-order valence-corrected chi connectivity index (χ4v) is 4.98. The molecule has 3 aromatic rings. The molecule has 0 saturated heterocycles. The first-order chi connectivity index (χ1) is 14.6. The molecule has 2 aliphatic carbocycles. The Morgan fingerprint density at radius 1 is 0.967 bits per heavy atom. The lowest BCUT2D eigenvalue weighted by atomic mass is 9.75. The standard InChI is InChI=1S/C26H27FN2O/c1-2-20-10-11-22(17-3-4-17)25(29-20)26(30)18-7-5-16(6-8-18)21-13-14-28-24-12-9-19(27)15-23(21)24/h9-18H,2-8H2,1H3. The van der Waals surface area contributed by atoms with Gasteiger partial charge in [-0.3, -0.25) is 9.78 Å². The number of pyridine rings is 2. The van der Waals surface area contributed by atoms with Crippen LogP contribution < -0.4 is 0 Å². The van der Waals surface area contributed by atoms with Crippen molar-refractivity contribution in [2.24, 2.45) is 5.92 Å². The molecular formula is C26H27FN2O. The van der Waals surface area contributed by atoms with Gasteiger partial charge in [0.15, 0.2) is 5.78 Å². The van der Waals surface area contributed by atoms with Gasteiger partial charge in [-0.25, -0.2) is 9.37 Å². The summed E-state index contributed by atoms with van der Waals surface area (Å²) >= 11 is 0. The number of hydrogen-bond donors (Lipinski definition) is 0. The van der Waals surface area contributed by atoms with Crippen molar-refractivity contribution in [2.45, 2.75) is 63.7 Å². The minimum absolute atomic E-state index is 0.0446. The molecule has 5 rings (SSSR count). The second-order valence-electron chi connectivity index (χ2n) is 8.84. The maximum Gasteiger partial charge on any atom is 0.184 e. The molecule has 2 saturated carbocycles. The van der Waals surface area contributed by atoms with Crippen LogP contribution in [0.1, 0.15) is 84.6 Å². The zero-order valence-electron chi connectivity index (χ0n) is 17.4. The Labute approximate surface area is 176 Å². The zero-order chi connectivity index (χ0) is 20.7. The van der Waals surface area contributed by atoms with E-state index < -0.39 is 0 Å². The van der Waals surface area contributed by atoms with Gasteiger partial charge >= 0.3 is 0 Å². The Balaban J connectivity index is 1.36. The molecule has 0 amide bonds. The van der Waals surface area contributed by atoms with Gasteiger partial charge in [0.25, 0.3) is 0 Å². The number of rotatable bonds is 5. The first-order valence-corrected chi connectivity index (χ1v) is 11.2.